The summed E-state index contributed by atoms with van der Waals surface area (Å²) in [7, 11) is 0.832. The van der Waals surface area contributed by atoms with Gasteiger partial charge in [0.25, 0.3) is 0 Å². The lowest BCUT2D eigenvalue weighted by atomic mass is 9.92. The quantitative estimate of drug-likeness (QED) is 0.147. The average Bonchev–Trinajstić information content (AvgIpc) is 3.54. The number of piperazine rings is 1. The summed E-state index contributed by atoms with van der Waals surface area (Å²) in [6.07, 6.45) is 11.7. The van der Waals surface area contributed by atoms with Crippen LogP contribution in [0.15, 0.2) is 59.7 Å². The third kappa shape index (κ3) is 7.95. The van der Waals surface area contributed by atoms with Crippen molar-refractivity contribution >= 4 is 68.2 Å². The number of aromatic nitrogens is 6. The Kier molecular flexibility index (Phi) is 10.5. The third-order valence-electron chi connectivity index (χ3n) is 9.75. The highest BCUT2D eigenvalue weighted by Gasteiger charge is 2.29. The molecule has 274 valence electrons. The molecule has 5 heterocycles. The highest BCUT2D eigenvalue weighted by Crippen LogP contribution is 2.43. The van der Waals surface area contributed by atoms with Gasteiger partial charge in [-0.3, -0.25) is 19.5 Å². The van der Waals surface area contributed by atoms with Crippen molar-refractivity contribution in [3.05, 3.63) is 59.7 Å². The highest BCUT2D eigenvalue weighted by atomic mass is 79.9. The number of hydrogen-bond donors (Lipinski definition) is 2. The lowest BCUT2D eigenvalue weighted by Gasteiger charge is -2.40. The monoisotopic (exact) mass is 788 g/mol. The van der Waals surface area contributed by atoms with Crippen molar-refractivity contribution in [1.29, 1.82) is 0 Å². The number of halogens is 1. The lowest BCUT2D eigenvalue weighted by Crippen LogP contribution is -2.49. The second-order valence-electron chi connectivity index (χ2n) is 14.2. The van der Waals surface area contributed by atoms with E-state index in [4.69, 9.17) is 14.5 Å². The molecule has 0 radical (unpaired) electrons. The van der Waals surface area contributed by atoms with Gasteiger partial charge in [0.2, 0.25) is 5.95 Å². The fourth-order valence-electron chi connectivity index (χ4n) is 7.55. The topological polar surface area (TPSA) is 135 Å². The Labute approximate surface area is 313 Å². The minimum absolute atomic E-state index is 0.326. The van der Waals surface area contributed by atoms with Crippen LogP contribution in [0.1, 0.15) is 26.7 Å². The molecular weight excluding hydrogens is 743 g/mol. The van der Waals surface area contributed by atoms with Crippen molar-refractivity contribution < 1.29 is 14.0 Å². The van der Waals surface area contributed by atoms with Gasteiger partial charge in [0, 0.05) is 87.4 Å². The van der Waals surface area contributed by atoms with E-state index < -0.39 is 7.14 Å². The molecule has 2 N–H and O–H groups in total. The zero-order chi connectivity index (χ0) is 36.6. The van der Waals surface area contributed by atoms with Crippen molar-refractivity contribution in [2.75, 3.05) is 68.7 Å². The van der Waals surface area contributed by atoms with Crippen LogP contribution in [0.25, 0.3) is 22.2 Å². The van der Waals surface area contributed by atoms with E-state index in [1.807, 2.05) is 36.3 Å². The summed E-state index contributed by atoms with van der Waals surface area (Å²) in [5.74, 6) is 2.20. The second kappa shape index (κ2) is 15.1. The van der Waals surface area contributed by atoms with Crippen molar-refractivity contribution in [3.8, 4) is 16.9 Å². The molecule has 1 unspecified atom stereocenters. The molecule has 0 aliphatic carbocycles. The number of aryl methyl sites for hydroxylation is 1. The summed E-state index contributed by atoms with van der Waals surface area (Å²) in [5.41, 5.74) is 5.77. The van der Waals surface area contributed by atoms with E-state index in [1.54, 1.807) is 39.0 Å². The number of nitrogens with zero attached hydrogens (tertiary/aromatic N) is 8. The van der Waals surface area contributed by atoms with Crippen LogP contribution in [-0.4, -0.2) is 100.0 Å². The van der Waals surface area contributed by atoms with Gasteiger partial charge in [0.05, 0.1) is 52.2 Å². The lowest BCUT2D eigenvalue weighted by molar-refractivity contribution is -0.0575. The number of nitrogens with one attached hydrogen (secondary N) is 2. The molecule has 13 nitrogen and oxygen atoms in total. The zero-order valence-electron chi connectivity index (χ0n) is 30.5. The van der Waals surface area contributed by atoms with E-state index >= 15 is 0 Å². The molecule has 15 heteroatoms. The molecule has 2 fully saturated rings. The van der Waals surface area contributed by atoms with Crippen LogP contribution in [-0.2, 0) is 16.3 Å². The molecular formula is C37H46BrN10O3P. The summed E-state index contributed by atoms with van der Waals surface area (Å²) in [4.78, 5) is 23.4. The van der Waals surface area contributed by atoms with E-state index in [0.29, 0.717) is 67.8 Å². The van der Waals surface area contributed by atoms with Gasteiger partial charge in [-0.15, -0.1) is 0 Å². The Morgan fingerprint density at radius 2 is 1.73 bits per heavy atom. The van der Waals surface area contributed by atoms with E-state index in [-0.39, 0.29) is 0 Å². The van der Waals surface area contributed by atoms with Crippen molar-refractivity contribution in [2.24, 2.45) is 13.0 Å². The minimum Gasteiger partial charge on any atom is -0.494 e. The first-order chi connectivity index (χ1) is 24.9. The smallest absolute Gasteiger partial charge is 0.229 e. The molecule has 3 aromatic heterocycles. The molecule has 7 rings (SSSR count). The number of benzene rings is 2. The Hall–Kier alpha value is -4.10. The number of ether oxygens (including phenoxy) is 2. The molecule has 2 aromatic carbocycles. The first-order valence-corrected chi connectivity index (χ1v) is 21.0. The maximum absolute atomic E-state index is 13.5. The first kappa shape index (κ1) is 36.3. The summed E-state index contributed by atoms with van der Waals surface area (Å²) in [6.45, 7) is 12.8. The predicted molar refractivity (Wildman–Crippen MR) is 212 cm³/mol. The van der Waals surface area contributed by atoms with Gasteiger partial charge in [-0.1, -0.05) is 0 Å². The molecule has 0 amide bonds. The maximum Gasteiger partial charge on any atom is 0.229 e. The molecule has 52 heavy (non-hydrogen) atoms. The van der Waals surface area contributed by atoms with Crippen LogP contribution in [0.3, 0.4) is 0 Å². The molecule has 2 saturated heterocycles. The molecule has 0 spiro atoms. The van der Waals surface area contributed by atoms with Crippen LogP contribution < -0.4 is 25.6 Å². The Morgan fingerprint density at radius 3 is 2.42 bits per heavy atom. The Bertz CT molecular complexity index is 2110. The van der Waals surface area contributed by atoms with Gasteiger partial charge < -0.3 is 29.6 Å². The van der Waals surface area contributed by atoms with Crippen molar-refractivity contribution in [1.82, 2.24) is 34.6 Å². The average molecular weight is 790 g/mol. The normalized spacial score (nSPS) is 19.9. The van der Waals surface area contributed by atoms with Crippen LogP contribution in [0.5, 0.6) is 5.75 Å². The zero-order valence-corrected chi connectivity index (χ0v) is 33.0. The second-order valence-corrected chi connectivity index (χ2v) is 18.2. The fourth-order valence-corrected chi connectivity index (χ4v) is 9.23. The van der Waals surface area contributed by atoms with Gasteiger partial charge in [-0.25, -0.2) is 4.98 Å². The maximum atomic E-state index is 13.5. The number of fused-ring (bicyclic) bond motifs is 1. The van der Waals surface area contributed by atoms with E-state index in [2.05, 4.69) is 82.4 Å². The van der Waals surface area contributed by atoms with Crippen LogP contribution in [0.2, 0.25) is 0 Å². The summed E-state index contributed by atoms with van der Waals surface area (Å²) in [5, 5.41) is 11.9. The number of anilines is 5. The number of hydrogen-bond acceptors (Lipinski definition) is 12. The van der Waals surface area contributed by atoms with Crippen LogP contribution >= 0.6 is 23.1 Å². The van der Waals surface area contributed by atoms with Gasteiger partial charge in [-0.2, -0.15) is 10.1 Å². The Balaban J connectivity index is 1.16. The van der Waals surface area contributed by atoms with Gasteiger partial charge >= 0.3 is 0 Å². The van der Waals surface area contributed by atoms with Crippen molar-refractivity contribution in [2.45, 2.75) is 38.9 Å². The highest BCUT2D eigenvalue weighted by molar-refractivity contribution is 9.10. The number of rotatable bonds is 10. The molecule has 5 aromatic rings. The predicted octanol–water partition coefficient (Wildman–Crippen LogP) is 6.65. The summed E-state index contributed by atoms with van der Waals surface area (Å²) < 4.78 is 27.9. The van der Waals surface area contributed by atoms with E-state index in [9.17, 15) is 4.57 Å². The molecule has 0 saturated carbocycles. The minimum atomic E-state index is -2.77. The van der Waals surface area contributed by atoms with E-state index in [1.165, 1.54) is 0 Å². The number of methoxy groups -OCH3 is 1. The molecule has 3 atom stereocenters. The van der Waals surface area contributed by atoms with Gasteiger partial charge in [0.15, 0.2) is 0 Å². The summed E-state index contributed by atoms with van der Waals surface area (Å²) in [6, 6.07) is 7.91. The summed E-state index contributed by atoms with van der Waals surface area (Å²) >= 11 is 3.60. The fraction of sp³-hybridized carbons (Fsp3) is 0.432. The Morgan fingerprint density at radius 1 is 0.981 bits per heavy atom. The van der Waals surface area contributed by atoms with Crippen LogP contribution in [0.4, 0.5) is 28.8 Å². The van der Waals surface area contributed by atoms with Gasteiger partial charge in [0.1, 0.15) is 24.2 Å². The third-order valence-corrected chi connectivity index (χ3v) is 11.9. The van der Waals surface area contributed by atoms with E-state index in [0.717, 1.165) is 62.4 Å². The first-order valence-electron chi connectivity index (χ1n) is 17.6. The largest absolute Gasteiger partial charge is 0.494 e. The van der Waals surface area contributed by atoms with Crippen LogP contribution in [0, 0.1) is 5.92 Å². The molecule has 2 aliphatic heterocycles. The van der Waals surface area contributed by atoms with Gasteiger partial charge in [-0.05, 0) is 80.1 Å². The SMILES string of the molecule is COc1cc(N2CCN(CC3C[C@@H](C)O[C@@H](C)C3)CC2)c(-c2cnn(C)c2)cc1Nc1ncc(Br)c(Nc2ccc3nccnc3c2P(C)(C)=O)n1. The standard InChI is InChI=1S/C37H46BrN10O3P/c1-23-15-25(16-24(2)51-23)21-47-11-13-48(14-12-47)32-18-33(50-4)31(17-27(32)26-19-42-46(3)22-26)44-37-41-20-28(38)36(45-37)43-30-8-7-29-34(40-10-9-39-29)35(30)52(5,6)49/h7-10,17-20,22-25H,11-16,21H2,1-6H3,(H2,41,43,44,45)/t23-,24+,25?. The molecule has 2 aliphatic rings. The molecule has 0 bridgehead atoms. The van der Waals surface area contributed by atoms with Crippen molar-refractivity contribution in [3.63, 3.8) is 0 Å².